The molecule has 1 aromatic rings. The zero-order chi connectivity index (χ0) is 15.9. The summed E-state index contributed by atoms with van der Waals surface area (Å²) in [5, 5.41) is 11.9. The number of hydrogen-bond donors (Lipinski definition) is 2. The van der Waals surface area contributed by atoms with Crippen LogP contribution in [0.3, 0.4) is 0 Å². The van der Waals surface area contributed by atoms with E-state index < -0.39 is 11.4 Å². The Labute approximate surface area is 124 Å². The number of amides is 1. The molecule has 1 rings (SSSR count). The highest BCUT2D eigenvalue weighted by atomic mass is 19.1. The third kappa shape index (κ3) is 5.19. The second-order valence-corrected chi connectivity index (χ2v) is 5.10. The summed E-state index contributed by atoms with van der Waals surface area (Å²) in [5.41, 5.74) is 0.236. The molecule has 0 saturated carbocycles. The number of carbonyl (C=O) groups excluding carboxylic acids is 1. The number of hydrogen-bond acceptors (Lipinski definition) is 3. The average Bonchev–Trinajstić information content (AvgIpc) is 2.46. The van der Waals surface area contributed by atoms with Crippen LogP contribution in [0.4, 0.5) is 4.39 Å². The van der Waals surface area contributed by atoms with Crippen molar-refractivity contribution in [1.82, 2.24) is 5.32 Å². The Morgan fingerprint density at radius 2 is 2.24 bits per heavy atom. The van der Waals surface area contributed by atoms with E-state index in [9.17, 15) is 9.18 Å². The molecular formula is C16H22FNO3. The number of aliphatic hydroxyl groups excluding tert-OH is 1. The fraction of sp³-hybridized carbons (Fsp3) is 0.438. The van der Waals surface area contributed by atoms with Crippen molar-refractivity contribution >= 4 is 12.0 Å². The smallest absolute Gasteiger partial charge is 0.244 e. The van der Waals surface area contributed by atoms with Crippen molar-refractivity contribution in [1.29, 1.82) is 0 Å². The van der Waals surface area contributed by atoms with E-state index in [0.717, 1.165) is 6.42 Å². The SMILES string of the molecule is CCC(C)(CCO)NC(=O)/C=C/c1ccc(F)c(OC)c1. The molecule has 5 heteroatoms. The maximum Gasteiger partial charge on any atom is 0.244 e. The van der Waals surface area contributed by atoms with Gasteiger partial charge in [-0.15, -0.1) is 0 Å². The van der Waals surface area contributed by atoms with E-state index in [1.54, 1.807) is 12.1 Å². The van der Waals surface area contributed by atoms with Crippen molar-refractivity contribution < 1.29 is 19.0 Å². The number of halogens is 1. The first kappa shape index (κ1) is 17.2. The van der Waals surface area contributed by atoms with Crippen molar-refractivity contribution in [3.8, 4) is 5.75 Å². The average molecular weight is 295 g/mol. The predicted molar refractivity (Wildman–Crippen MR) is 80.5 cm³/mol. The van der Waals surface area contributed by atoms with Crippen LogP contribution in [0.2, 0.25) is 0 Å². The van der Waals surface area contributed by atoms with Gasteiger partial charge < -0.3 is 15.2 Å². The van der Waals surface area contributed by atoms with Crippen LogP contribution in [-0.2, 0) is 4.79 Å². The minimum absolute atomic E-state index is 0.0174. The van der Waals surface area contributed by atoms with Gasteiger partial charge in [0.15, 0.2) is 11.6 Å². The van der Waals surface area contributed by atoms with Crippen molar-refractivity contribution in [3.63, 3.8) is 0 Å². The minimum atomic E-state index is -0.444. The van der Waals surface area contributed by atoms with Gasteiger partial charge in [-0.3, -0.25) is 4.79 Å². The van der Waals surface area contributed by atoms with E-state index in [1.165, 1.54) is 25.3 Å². The summed E-state index contributed by atoms with van der Waals surface area (Å²) >= 11 is 0. The summed E-state index contributed by atoms with van der Waals surface area (Å²) in [7, 11) is 1.39. The molecule has 0 fully saturated rings. The number of benzene rings is 1. The molecule has 2 N–H and O–H groups in total. The lowest BCUT2D eigenvalue weighted by Gasteiger charge is -2.28. The first-order valence-electron chi connectivity index (χ1n) is 6.88. The van der Waals surface area contributed by atoms with Crippen LogP contribution in [0.15, 0.2) is 24.3 Å². The van der Waals surface area contributed by atoms with E-state index in [0.29, 0.717) is 12.0 Å². The molecular weight excluding hydrogens is 273 g/mol. The first-order valence-corrected chi connectivity index (χ1v) is 6.88. The molecule has 0 radical (unpaired) electrons. The Kier molecular flexibility index (Phi) is 6.37. The number of ether oxygens (including phenoxy) is 1. The maximum atomic E-state index is 13.3. The van der Waals surface area contributed by atoms with Crippen LogP contribution >= 0.6 is 0 Å². The Bertz CT molecular complexity index is 516. The van der Waals surface area contributed by atoms with Crippen molar-refractivity contribution in [2.75, 3.05) is 13.7 Å². The normalized spacial score (nSPS) is 14.0. The highest BCUT2D eigenvalue weighted by Crippen LogP contribution is 2.19. The van der Waals surface area contributed by atoms with Gasteiger partial charge in [0.1, 0.15) is 0 Å². The van der Waals surface area contributed by atoms with Crippen LogP contribution in [0.5, 0.6) is 5.75 Å². The highest BCUT2D eigenvalue weighted by Gasteiger charge is 2.22. The summed E-state index contributed by atoms with van der Waals surface area (Å²) in [4.78, 5) is 11.9. The van der Waals surface area contributed by atoms with Gasteiger partial charge in [0.25, 0.3) is 0 Å². The number of rotatable bonds is 7. The third-order valence-electron chi connectivity index (χ3n) is 3.47. The molecule has 1 amide bonds. The van der Waals surface area contributed by atoms with Crippen molar-refractivity contribution in [2.24, 2.45) is 0 Å². The van der Waals surface area contributed by atoms with E-state index in [1.807, 2.05) is 13.8 Å². The molecule has 1 aromatic carbocycles. The summed E-state index contributed by atoms with van der Waals surface area (Å²) < 4.78 is 18.2. The zero-order valence-corrected chi connectivity index (χ0v) is 12.6. The van der Waals surface area contributed by atoms with Crippen LogP contribution in [0.25, 0.3) is 6.08 Å². The lowest BCUT2D eigenvalue weighted by atomic mass is 9.95. The Balaban J connectivity index is 2.74. The molecule has 0 aliphatic carbocycles. The Hall–Kier alpha value is -1.88. The molecule has 0 saturated heterocycles. The van der Waals surface area contributed by atoms with E-state index in [-0.39, 0.29) is 18.3 Å². The van der Waals surface area contributed by atoms with Gasteiger partial charge in [-0.05, 0) is 43.5 Å². The van der Waals surface area contributed by atoms with Gasteiger partial charge in [-0.2, -0.15) is 0 Å². The molecule has 1 atom stereocenters. The Morgan fingerprint density at radius 1 is 1.52 bits per heavy atom. The second-order valence-electron chi connectivity index (χ2n) is 5.10. The van der Waals surface area contributed by atoms with Gasteiger partial charge in [0.2, 0.25) is 5.91 Å². The molecule has 0 aromatic heterocycles. The van der Waals surface area contributed by atoms with Crippen LogP contribution < -0.4 is 10.1 Å². The van der Waals surface area contributed by atoms with Crippen LogP contribution in [-0.4, -0.2) is 30.3 Å². The molecule has 116 valence electrons. The standard InChI is InChI=1S/C16H22FNO3/c1-4-16(2,9-10-19)18-15(20)8-6-12-5-7-13(17)14(11-12)21-3/h5-8,11,19H,4,9-10H2,1-3H3,(H,18,20)/b8-6+. The van der Waals surface area contributed by atoms with Gasteiger partial charge in [0.05, 0.1) is 7.11 Å². The topological polar surface area (TPSA) is 58.6 Å². The number of aliphatic hydroxyl groups is 1. The lowest BCUT2D eigenvalue weighted by molar-refractivity contribution is -0.118. The van der Waals surface area contributed by atoms with E-state index in [2.05, 4.69) is 5.32 Å². The highest BCUT2D eigenvalue weighted by molar-refractivity contribution is 5.92. The van der Waals surface area contributed by atoms with Gasteiger partial charge in [0, 0.05) is 18.2 Å². The first-order chi connectivity index (χ1) is 9.94. The summed E-state index contributed by atoms with van der Waals surface area (Å²) in [5.74, 6) is -0.562. The number of methoxy groups -OCH3 is 1. The van der Waals surface area contributed by atoms with E-state index >= 15 is 0 Å². The molecule has 0 aliphatic rings. The fourth-order valence-corrected chi connectivity index (χ4v) is 1.87. The van der Waals surface area contributed by atoms with Crippen LogP contribution in [0, 0.1) is 5.82 Å². The quantitative estimate of drug-likeness (QED) is 0.760. The molecule has 0 heterocycles. The summed E-state index contributed by atoms with van der Waals surface area (Å²) in [6.07, 6.45) is 4.19. The summed E-state index contributed by atoms with van der Waals surface area (Å²) in [6, 6.07) is 4.37. The minimum Gasteiger partial charge on any atom is -0.494 e. The lowest BCUT2D eigenvalue weighted by Crippen LogP contribution is -2.45. The number of carbonyl (C=O) groups is 1. The summed E-state index contributed by atoms with van der Waals surface area (Å²) in [6.45, 7) is 3.85. The van der Waals surface area contributed by atoms with E-state index in [4.69, 9.17) is 9.84 Å². The van der Waals surface area contributed by atoms with Gasteiger partial charge >= 0.3 is 0 Å². The van der Waals surface area contributed by atoms with Crippen molar-refractivity contribution in [2.45, 2.75) is 32.2 Å². The van der Waals surface area contributed by atoms with Crippen LogP contribution in [0.1, 0.15) is 32.3 Å². The maximum absolute atomic E-state index is 13.3. The largest absolute Gasteiger partial charge is 0.494 e. The molecule has 21 heavy (non-hydrogen) atoms. The van der Waals surface area contributed by atoms with Gasteiger partial charge in [-0.25, -0.2) is 4.39 Å². The molecule has 1 unspecified atom stereocenters. The molecule has 0 bridgehead atoms. The predicted octanol–water partition coefficient (Wildman–Crippen LogP) is 2.51. The zero-order valence-electron chi connectivity index (χ0n) is 12.6. The number of nitrogens with one attached hydrogen (secondary N) is 1. The Morgan fingerprint density at radius 3 is 2.81 bits per heavy atom. The van der Waals surface area contributed by atoms with Gasteiger partial charge in [-0.1, -0.05) is 13.0 Å². The second kappa shape index (κ2) is 7.78. The molecule has 4 nitrogen and oxygen atoms in total. The molecule has 0 aliphatic heterocycles. The molecule has 0 spiro atoms. The monoisotopic (exact) mass is 295 g/mol. The third-order valence-corrected chi connectivity index (χ3v) is 3.47. The fourth-order valence-electron chi connectivity index (χ4n) is 1.87. The van der Waals surface area contributed by atoms with Crippen molar-refractivity contribution in [3.05, 3.63) is 35.7 Å².